The molecule has 1 aromatic heterocycles. The Hall–Kier alpha value is -3.00. The smallest absolute Gasteiger partial charge is 0.233 e. The number of ether oxygens (including phenoxy) is 2. The second-order valence-corrected chi connectivity index (χ2v) is 8.19. The van der Waals surface area contributed by atoms with Crippen LogP contribution in [0.1, 0.15) is 18.1 Å². The molecule has 2 aromatic carbocycles. The summed E-state index contributed by atoms with van der Waals surface area (Å²) in [6.45, 7) is 4.07. The van der Waals surface area contributed by atoms with Crippen LogP contribution in [0.5, 0.6) is 11.5 Å². The molecular weight excluding hydrogens is 412 g/mol. The van der Waals surface area contributed by atoms with Crippen molar-refractivity contribution in [1.29, 1.82) is 0 Å². The van der Waals surface area contributed by atoms with Crippen molar-refractivity contribution in [1.82, 2.24) is 19.7 Å². The minimum absolute atomic E-state index is 0.0948. The first-order chi connectivity index (χ1) is 15.1. The van der Waals surface area contributed by atoms with Crippen LogP contribution >= 0.6 is 11.8 Å². The maximum Gasteiger partial charge on any atom is 0.233 e. The lowest BCUT2D eigenvalue weighted by Gasteiger charge is -2.29. The SMILES string of the molecule is CCn1c(SCC(=O)N2CCc3cc(OC)c(OC)cc3C2)nnc1-c1ccccc1. The van der Waals surface area contributed by atoms with Gasteiger partial charge in [-0.25, -0.2) is 0 Å². The Morgan fingerprint density at radius 3 is 2.45 bits per heavy atom. The molecule has 162 valence electrons. The number of rotatable bonds is 7. The van der Waals surface area contributed by atoms with Gasteiger partial charge in [-0.05, 0) is 36.6 Å². The first-order valence-corrected chi connectivity index (χ1v) is 11.3. The van der Waals surface area contributed by atoms with E-state index in [4.69, 9.17) is 9.47 Å². The normalized spacial score (nSPS) is 13.1. The van der Waals surface area contributed by atoms with Crippen molar-refractivity contribution in [3.05, 3.63) is 53.6 Å². The molecule has 0 saturated carbocycles. The number of thioether (sulfide) groups is 1. The molecule has 2 heterocycles. The molecule has 0 fully saturated rings. The van der Waals surface area contributed by atoms with Crippen LogP contribution in [0, 0.1) is 0 Å². The van der Waals surface area contributed by atoms with E-state index in [1.54, 1.807) is 14.2 Å². The van der Waals surface area contributed by atoms with Gasteiger partial charge in [0.05, 0.1) is 20.0 Å². The van der Waals surface area contributed by atoms with Gasteiger partial charge in [0.25, 0.3) is 0 Å². The lowest BCUT2D eigenvalue weighted by Crippen LogP contribution is -2.37. The van der Waals surface area contributed by atoms with E-state index >= 15 is 0 Å². The first-order valence-electron chi connectivity index (χ1n) is 10.3. The van der Waals surface area contributed by atoms with Gasteiger partial charge in [0.15, 0.2) is 22.5 Å². The van der Waals surface area contributed by atoms with Crippen molar-refractivity contribution in [3.63, 3.8) is 0 Å². The molecule has 1 aliphatic heterocycles. The van der Waals surface area contributed by atoms with Crippen LogP contribution in [0.25, 0.3) is 11.4 Å². The second kappa shape index (κ2) is 9.43. The molecule has 1 amide bonds. The number of carbonyl (C=O) groups is 1. The highest BCUT2D eigenvalue weighted by Crippen LogP contribution is 2.33. The van der Waals surface area contributed by atoms with E-state index in [1.165, 1.54) is 17.3 Å². The van der Waals surface area contributed by atoms with Crippen LogP contribution < -0.4 is 9.47 Å². The Morgan fingerprint density at radius 1 is 1.06 bits per heavy atom. The molecule has 0 bridgehead atoms. The van der Waals surface area contributed by atoms with E-state index in [0.717, 1.165) is 40.8 Å². The molecule has 4 rings (SSSR count). The summed E-state index contributed by atoms with van der Waals surface area (Å²) < 4.78 is 12.9. The summed E-state index contributed by atoms with van der Waals surface area (Å²) in [7, 11) is 3.26. The van der Waals surface area contributed by atoms with Crippen molar-refractivity contribution in [2.75, 3.05) is 26.5 Å². The zero-order valence-electron chi connectivity index (χ0n) is 18.0. The Morgan fingerprint density at radius 2 is 1.77 bits per heavy atom. The summed E-state index contributed by atoms with van der Waals surface area (Å²) in [6, 6.07) is 14.0. The molecule has 0 saturated heterocycles. The minimum atomic E-state index is 0.0948. The summed E-state index contributed by atoms with van der Waals surface area (Å²) in [5.41, 5.74) is 3.32. The Kier molecular flexibility index (Phi) is 6.46. The molecule has 0 aliphatic carbocycles. The quantitative estimate of drug-likeness (QED) is 0.525. The predicted octanol–water partition coefficient (Wildman–Crippen LogP) is 3.66. The average molecular weight is 439 g/mol. The second-order valence-electron chi connectivity index (χ2n) is 7.25. The highest BCUT2D eigenvalue weighted by atomic mass is 32.2. The van der Waals surface area contributed by atoms with Crippen LogP contribution in [-0.2, 0) is 24.3 Å². The van der Waals surface area contributed by atoms with Crippen molar-refractivity contribution >= 4 is 17.7 Å². The Labute approximate surface area is 186 Å². The first kappa shape index (κ1) is 21.2. The fourth-order valence-electron chi connectivity index (χ4n) is 3.79. The van der Waals surface area contributed by atoms with E-state index < -0.39 is 0 Å². The number of hydrogen-bond acceptors (Lipinski definition) is 6. The van der Waals surface area contributed by atoms with Gasteiger partial charge in [-0.3, -0.25) is 4.79 Å². The molecular formula is C23H26N4O3S. The molecule has 0 unspecified atom stereocenters. The van der Waals surface area contributed by atoms with Gasteiger partial charge in [0.1, 0.15) is 0 Å². The lowest BCUT2D eigenvalue weighted by molar-refractivity contribution is -0.129. The zero-order valence-corrected chi connectivity index (χ0v) is 18.8. The van der Waals surface area contributed by atoms with Crippen LogP contribution in [0.15, 0.2) is 47.6 Å². The third kappa shape index (κ3) is 4.39. The van der Waals surface area contributed by atoms with Gasteiger partial charge in [0.2, 0.25) is 5.91 Å². The molecule has 8 heteroatoms. The Balaban J connectivity index is 1.44. The number of amides is 1. The number of fused-ring (bicyclic) bond motifs is 1. The van der Waals surface area contributed by atoms with Crippen molar-refractivity contribution in [2.24, 2.45) is 0 Å². The Bertz CT molecular complexity index is 1070. The van der Waals surface area contributed by atoms with E-state index in [1.807, 2.05) is 47.4 Å². The maximum absolute atomic E-state index is 12.9. The highest BCUT2D eigenvalue weighted by molar-refractivity contribution is 7.99. The van der Waals surface area contributed by atoms with E-state index in [9.17, 15) is 4.79 Å². The average Bonchev–Trinajstić information content (AvgIpc) is 3.24. The van der Waals surface area contributed by atoms with Gasteiger partial charge in [0, 0.05) is 25.2 Å². The molecule has 1 aliphatic rings. The largest absolute Gasteiger partial charge is 0.493 e. The summed E-state index contributed by atoms with van der Waals surface area (Å²) in [4.78, 5) is 14.8. The van der Waals surface area contributed by atoms with Crippen LogP contribution in [0.3, 0.4) is 0 Å². The van der Waals surface area contributed by atoms with Gasteiger partial charge in [-0.2, -0.15) is 0 Å². The topological polar surface area (TPSA) is 69.5 Å². The third-order valence-corrected chi connectivity index (χ3v) is 6.41. The molecule has 31 heavy (non-hydrogen) atoms. The molecule has 3 aromatic rings. The monoisotopic (exact) mass is 438 g/mol. The lowest BCUT2D eigenvalue weighted by atomic mass is 9.99. The van der Waals surface area contributed by atoms with Gasteiger partial charge in [-0.1, -0.05) is 42.1 Å². The number of methoxy groups -OCH3 is 2. The van der Waals surface area contributed by atoms with Gasteiger partial charge >= 0.3 is 0 Å². The van der Waals surface area contributed by atoms with E-state index in [-0.39, 0.29) is 5.91 Å². The van der Waals surface area contributed by atoms with Crippen LogP contribution in [0.4, 0.5) is 0 Å². The van der Waals surface area contributed by atoms with Crippen LogP contribution in [0.2, 0.25) is 0 Å². The summed E-state index contributed by atoms with van der Waals surface area (Å²) in [6.07, 6.45) is 0.801. The third-order valence-electron chi connectivity index (χ3n) is 5.46. The summed E-state index contributed by atoms with van der Waals surface area (Å²) in [5, 5.41) is 9.45. The maximum atomic E-state index is 12.9. The van der Waals surface area contributed by atoms with Gasteiger partial charge in [-0.15, -0.1) is 10.2 Å². The number of hydrogen-bond donors (Lipinski definition) is 0. The zero-order chi connectivity index (χ0) is 21.8. The fourth-order valence-corrected chi connectivity index (χ4v) is 4.70. The van der Waals surface area contributed by atoms with Crippen LogP contribution in [-0.4, -0.2) is 52.1 Å². The molecule has 0 spiro atoms. The molecule has 0 atom stereocenters. The highest BCUT2D eigenvalue weighted by Gasteiger charge is 2.24. The van der Waals surface area contributed by atoms with Crippen molar-refractivity contribution in [3.8, 4) is 22.9 Å². The van der Waals surface area contributed by atoms with E-state index in [2.05, 4.69) is 21.7 Å². The fraction of sp³-hybridized carbons (Fsp3) is 0.348. The van der Waals surface area contributed by atoms with Crippen molar-refractivity contribution in [2.45, 2.75) is 31.6 Å². The number of benzene rings is 2. The minimum Gasteiger partial charge on any atom is -0.493 e. The number of nitrogens with zero attached hydrogens (tertiary/aromatic N) is 4. The standard InChI is InChI=1S/C23H26N4O3S/c1-4-27-22(16-8-6-5-7-9-16)24-25-23(27)31-15-21(28)26-11-10-17-12-19(29-2)20(30-3)13-18(17)14-26/h5-9,12-13H,4,10-11,14-15H2,1-3H3. The summed E-state index contributed by atoms with van der Waals surface area (Å²) in [5.74, 6) is 2.66. The number of carbonyl (C=O) groups excluding carboxylic acids is 1. The van der Waals surface area contributed by atoms with E-state index in [0.29, 0.717) is 24.6 Å². The molecule has 0 radical (unpaired) electrons. The van der Waals surface area contributed by atoms with Crippen molar-refractivity contribution < 1.29 is 14.3 Å². The van der Waals surface area contributed by atoms with Gasteiger partial charge < -0.3 is 18.9 Å². The molecule has 7 nitrogen and oxygen atoms in total. The predicted molar refractivity (Wildman–Crippen MR) is 121 cm³/mol. The molecule has 0 N–H and O–H groups in total. The number of aromatic nitrogens is 3. The summed E-state index contributed by atoms with van der Waals surface area (Å²) >= 11 is 1.44.